The van der Waals surface area contributed by atoms with E-state index in [9.17, 15) is 4.79 Å². The molecule has 4 nitrogen and oxygen atoms in total. The van der Waals surface area contributed by atoms with Crippen molar-refractivity contribution in [2.45, 2.75) is 44.9 Å². The van der Waals surface area contributed by atoms with Gasteiger partial charge in [0, 0.05) is 26.3 Å². The molecule has 0 radical (unpaired) electrons. The third kappa shape index (κ3) is 3.23. The fraction of sp³-hybridized carbons (Fsp3) is 0.929. The number of hydrogen-bond donors (Lipinski definition) is 2. The zero-order valence-electron chi connectivity index (χ0n) is 11.2. The molecule has 1 atom stereocenters. The molecule has 1 unspecified atom stereocenters. The Balaban J connectivity index is 1.74. The van der Waals surface area contributed by atoms with Crippen LogP contribution in [0.3, 0.4) is 0 Å². The van der Waals surface area contributed by atoms with Crippen molar-refractivity contribution in [3.63, 3.8) is 0 Å². The van der Waals surface area contributed by atoms with Gasteiger partial charge in [-0.25, -0.2) is 0 Å². The molecule has 4 heteroatoms. The minimum absolute atomic E-state index is 0.184. The van der Waals surface area contributed by atoms with Crippen molar-refractivity contribution in [1.29, 1.82) is 0 Å². The van der Waals surface area contributed by atoms with E-state index in [1.807, 2.05) is 0 Å². The van der Waals surface area contributed by atoms with Gasteiger partial charge in [-0.1, -0.05) is 19.3 Å². The Morgan fingerprint density at radius 2 is 2.11 bits per heavy atom. The largest absolute Gasteiger partial charge is 0.381 e. The molecule has 2 fully saturated rings. The van der Waals surface area contributed by atoms with Gasteiger partial charge in [0.15, 0.2) is 0 Å². The molecule has 0 spiro atoms. The predicted molar refractivity (Wildman–Crippen MR) is 71.1 cm³/mol. The first-order valence-electron chi connectivity index (χ1n) is 7.33. The average molecular weight is 254 g/mol. The van der Waals surface area contributed by atoms with Gasteiger partial charge in [-0.2, -0.15) is 0 Å². The van der Waals surface area contributed by atoms with Crippen LogP contribution in [0.4, 0.5) is 0 Å². The molecular formula is C14H26N2O2. The normalized spacial score (nSPS) is 27.1. The third-order valence-electron chi connectivity index (χ3n) is 4.55. The Labute approximate surface area is 110 Å². The van der Waals surface area contributed by atoms with Gasteiger partial charge < -0.3 is 15.8 Å². The standard InChI is InChI=1S/C14H26N2O2/c15-11-14(6-2-1-3-7-14)13(17)16-8-4-12-5-9-18-10-12/h12H,1-11,15H2,(H,16,17). The molecule has 2 aliphatic rings. The van der Waals surface area contributed by atoms with E-state index in [0.717, 1.165) is 58.3 Å². The maximum Gasteiger partial charge on any atom is 0.227 e. The van der Waals surface area contributed by atoms with Crippen LogP contribution in [0.5, 0.6) is 0 Å². The lowest BCUT2D eigenvalue weighted by molar-refractivity contribution is -0.132. The summed E-state index contributed by atoms with van der Waals surface area (Å²) >= 11 is 0. The van der Waals surface area contributed by atoms with E-state index in [4.69, 9.17) is 10.5 Å². The molecule has 1 saturated carbocycles. The number of carbonyl (C=O) groups excluding carboxylic acids is 1. The summed E-state index contributed by atoms with van der Waals surface area (Å²) < 4.78 is 5.34. The number of nitrogens with two attached hydrogens (primary N) is 1. The molecule has 0 aromatic carbocycles. The topological polar surface area (TPSA) is 64.4 Å². The average Bonchev–Trinajstić information content (AvgIpc) is 2.92. The highest BCUT2D eigenvalue weighted by molar-refractivity contribution is 5.82. The number of hydrogen-bond acceptors (Lipinski definition) is 3. The fourth-order valence-electron chi connectivity index (χ4n) is 3.14. The van der Waals surface area contributed by atoms with Crippen LogP contribution in [-0.2, 0) is 9.53 Å². The predicted octanol–water partition coefficient (Wildman–Crippen LogP) is 1.44. The second-order valence-corrected chi connectivity index (χ2v) is 5.82. The molecule has 0 aromatic rings. The van der Waals surface area contributed by atoms with Crippen molar-refractivity contribution < 1.29 is 9.53 Å². The zero-order chi connectivity index (χ0) is 12.8. The SMILES string of the molecule is NCC1(C(=O)NCCC2CCOC2)CCCCC1. The fourth-order valence-corrected chi connectivity index (χ4v) is 3.14. The minimum atomic E-state index is -0.273. The van der Waals surface area contributed by atoms with Crippen molar-refractivity contribution in [3.05, 3.63) is 0 Å². The Hall–Kier alpha value is -0.610. The van der Waals surface area contributed by atoms with Crippen LogP contribution in [0.2, 0.25) is 0 Å². The highest BCUT2D eigenvalue weighted by Crippen LogP contribution is 2.35. The Kier molecular flexibility index (Phi) is 5.01. The number of amides is 1. The lowest BCUT2D eigenvalue weighted by Gasteiger charge is -2.34. The molecule has 1 saturated heterocycles. The van der Waals surface area contributed by atoms with Crippen molar-refractivity contribution in [1.82, 2.24) is 5.32 Å². The van der Waals surface area contributed by atoms with Crippen LogP contribution in [-0.4, -0.2) is 32.2 Å². The van der Waals surface area contributed by atoms with Gasteiger partial charge in [-0.3, -0.25) is 4.79 Å². The first kappa shape index (κ1) is 13.8. The van der Waals surface area contributed by atoms with Crippen molar-refractivity contribution in [2.75, 3.05) is 26.3 Å². The van der Waals surface area contributed by atoms with E-state index < -0.39 is 0 Å². The summed E-state index contributed by atoms with van der Waals surface area (Å²) in [5.74, 6) is 0.814. The summed E-state index contributed by atoms with van der Waals surface area (Å²) in [4.78, 5) is 12.3. The van der Waals surface area contributed by atoms with Crippen LogP contribution in [0.15, 0.2) is 0 Å². The summed E-state index contributed by atoms with van der Waals surface area (Å²) in [6, 6.07) is 0. The first-order valence-corrected chi connectivity index (χ1v) is 7.33. The number of rotatable bonds is 5. The summed E-state index contributed by atoms with van der Waals surface area (Å²) in [7, 11) is 0. The van der Waals surface area contributed by atoms with E-state index in [0.29, 0.717) is 12.5 Å². The van der Waals surface area contributed by atoms with Crippen LogP contribution in [0.1, 0.15) is 44.9 Å². The highest BCUT2D eigenvalue weighted by atomic mass is 16.5. The lowest BCUT2D eigenvalue weighted by Crippen LogP contribution is -2.47. The lowest BCUT2D eigenvalue weighted by atomic mass is 9.73. The molecule has 18 heavy (non-hydrogen) atoms. The molecule has 3 N–H and O–H groups in total. The smallest absolute Gasteiger partial charge is 0.227 e. The van der Waals surface area contributed by atoms with Crippen molar-refractivity contribution in [2.24, 2.45) is 17.1 Å². The maximum absolute atomic E-state index is 12.3. The van der Waals surface area contributed by atoms with E-state index in [2.05, 4.69) is 5.32 Å². The van der Waals surface area contributed by atoms with Gasteiger partial charge >= 0.3 is 0 Å². The molecule has 0 aromatic heterocycles. The van der Waals surface area contributed by atoms with Crippen LogP contribution in [0, 0.1) is 11.3 Å². The van der Waals surface area contributed by atoms with Gasteiger partial charge in [0.1, 0.15) is 0 Å². The van der Waals surface area contributed by atoms with Crippen molar-refractivity contribution >= 4 is 5.91 Å². The monoisotopic (exact) mass is 254 g/mol. The second-order valence-electron chi connectivity index (χ2n) is 5.82. The molecular weight excluding hydrogens is 228 g/mol. The zero-order valence-corrected chi connectivity index (χ0v) is 11.2. The molecule has 2 rings (SSSR count). The molecule has 1 amide bonds. The van der Waals surface area contributed by atoms with E-state index >= 15 is 0 Å². The molecule has 1 heterocycles. The summed E-state index contributed by atoms with van der Waals surface area (Å²) in [5.41, 5.74) is 5.58. The van der Waals surface area contributed by atoms with Crippen molar-refractivity contribution in [3.8, 4) is 0 Å². The first-order chi connectivity index (χ1) is 8.77. The van der Waals surface area contributed by atoms with Crippen LogP contribution in [0.25, 0.3) is 0 Å². The van der Waals surface area contributed by atoms with E-state index in [1.165, 1.54) is 6.42 Å². The molecule has 1 aliphatic carbocycles. The van der Waals surface area contributed by atoms with Gasteiger partial charge in [0.2, 0.25) is 5.91 Å². The second kappa shape index (κ2) is 6.53. The summed E-state index contributed by atoms with van der Waals surface area (Å²) in [6.07, 6.45) is 7.62. The molecule has 104 valence electrons. The number of carbonyl (C=O) groups is 1. The van der Waals surface area contributed by atoms with Gasteiger partial charge in [-0.05, 0) is 31.6 Å². The summed E-state index contributed by atoms with van der Waals surface area (Å²) in [6.45, 7) is 3.00. The molecule has 1 aliphatic heterocycles. The number of nitrogens with one attached hydrogen (secondary N) is 1. The van der Waals surface area contributed by atoms with Gasteiger partial charge in [-0.15, -0.1) is 0 Å². The summed E-state index contributed by atoms with van der Waals surface area (Å²) in [5, 5.41) is 3.10. The van der Waals surface area contributed by atoms with Gasteiger partial charge in [0.05, 0.1) is 5.41 Å². The van der Waals surface area contributed by atoms with E-state index in [-0.39, 0.29) is 11.3 Å². The van der Waals surface area contributed by atoms with Gasteiger partial charge in [0.25, 0.3) is 0 Å². The quantitative estimate of drug-likeness (QED) is 0.780. The van der Waals surface area contributed by atoms with Crippen LogP contribution >= 0.6 is 0 Å². The maximum atomic E-state index is 12.3. The Morgan fingerprint density at radius 1 is 1.33 bits per heavy atom. The Bertz CT molecular complexity index is 269. The van der Waals surface area contributed by atoms with Crippen LogP contribution < -0.4 is 11.1 Å². The highest BCUT2D eigenvalue weighted by Gasteiger charge is 2.37. The Morgan fingerprint density at radius 3 is 2.72 bits per heavy atom. The molecule has 0 bridgehead atoms. The third-order valence-corrected chi connectivity index (χ3v) is 4.55. The minimum Gasteiger partial charge on any atom is -0.381 e. The van der Waals surface area contributed by atoms with E-state index in [1.54, 1.807) is 0 Å². The number of ether oxygens (including phenoxy) is 1.